The molecule has 16 heavy (non-hydrogen) atoms. The zero-order chi connectivity index (χ0) is 12.0. The number of hydrogen-bond donors (Lipinski definition) is 2. The van der Waals surface area contributed by atoms with E-state index in [0.717, 1.165) is 39.3 Å². The molecule has 1 unspecified atom stereocenters. The fourth-order valence-electron chi connectivity index (χ4n) is 1.82. The SMILES string of the molecule is CCN1CCOC(CNCC(C)(C)CO)C1. The summed E-state index contributed by atoms with van der Waals surface area (Å²) in [6.07, 6.45) is 0.295. The lowest BCUT2D eigenvalue weighted by Crippen LogP contribution is -2.47. The number of aliphatic hydroxyl groups is 1. The van der Waals surface area contributed by atoms with E-state index in [1.807, 2.05) is 0 Å². The molecule has 2 N–H and O–H groups in total. The van der Waals surface area contributed by atoms with Crippen LogP contribution >= 0.6 is 0 Å². The summed E-state index contributed by atoms with van der Waals surface area (Å²) in [4.78, 5) is 2.41. The summed E-state index contributed by atoms with van der Waals surface area (Å²) in [5.74, 6) is 0. The highest BCUT2D eigenvalue weighted by Gasteiger charge is 2.20. The van der Waals surface area contributed by atoms with Crippen molar-refractivity contribution in [2.24, 2.45) is 5.41 Å². The van der Waals surface area contributed by atoms with Crippen LogP contribution in [-0.4, -0.2) is 62.0 Å². The minimum atomic E-state index is -0.0425. The summed E-state index contributed by atoms with van der Waals surface area (Å²) in [7, 11) is 0. The van der Waals surface area contributed by atoms with Crippen molar-refractivity contribution >= 4 is 0 Å². The average Bonchev–Trinajstić information content (AvgIpc) is 2.29. The summed E-state index contributed by atoms with van der Waals surface area (Å²) in [5, 5.41) is 12.5. The summed E-state index contributed by atoms with van der Waals surface area (Å²) >= 11 is 0. The largest absolute Gasteiger partial charge is 0.396 e. The third-order valence-corrected chi connectivity index (χ3v) is 3.07. The first-order chi connectivity index (χ1) is 7.57. The van der Waals surface area contributed by atoms with Crippen LogP contribution in [0.2, 0.25) is 0 Å². The van der Waals surface area contributed by atoms with E-state index in [9.17, 15) is 0 Å². The molecule has 4 heteroatoms. The zero-order valence-electron chi connectivity index (χ0n) is 10.8. The molecular weight excluding hydrogens is 204 g/mol. The molecule has 1 rings (SSSR count). The predicted octanol–water partition coefficient (Wildman–Crippen LogP) is 0.315. The van der Waals surface area contributed by atoms with Gasteiger partial charge in [-0.25, -0.2) is 0 Å². The number of hydrogen-bond acceptors (Lipinski definition) is 4. The quantitative estimate of drug-likeness (QED) is 0.689. The molecule has 1 fully saturated rings. The van der Waals surface area contributed by atoms with E-state index in [1.54, 1.807) is 0 Å². The highest BCUT2D eigenvalue weighted by atomic mass is 16.5. The number of morpholine rings is 1. The fourth-order valence-corrected chi connectivity index (χ4v) is 1.82. The Bertz CT molecular complexity index is 197. The van der Waals surface area contributed by atoms with Crippen molar-refractivity contribution in [1.82, 2.24) is 10.2 Å². The Labute approximate surface area is 99.0 Å². The highest BCUT2D eigenvalue weighted by molar-refractivity contribution is 4.75. The number of nitrogens with one attached hydrogen (secondary N) is 1. The van der Waals surface area contributed by atoms with Crippen molar-refractivity contribution in [2.45, 2.75) is 26.9 Å². The number of aliphatic hydroxyl groups excluding tert-OH is 1. The van der Waals surface area contributed by atoms with Gasteiger partial charge in [-0.05, 0) is 6.54 Å². The van der Waals surface area contributed by atoms with E-state index in [-0.39, 0.29) is 12.0 Å². The van der Waals surface area contributed by atoms with Crippen molar-refractivity contribution in [1.29, 1.82) is 0 Å². The van der Waals surface area contributed by atoms with Crippen molar-refractivity contribution in [3.8, 4) is 0 Å². The Hall–Kier alpha value is -0.160. The summed E-state index contributed by atoms with van der Waals surface area (Å²) in [6.45, 7) is 12.2. The molecule has 96 valence electrons. The van der Waals surface area contributed by atoms with Crippen LogP contribution in [0.4, 0.5) is 0 Å². The summed E-state index contributed by atoms with van der Waals surface area (Å²) in [5.41, 5.74) is -0.0425. The van der Waals surface area contributed by atoms with Crippen LogP contribution in [0.25, 0.3) is 0 Å². The monoisotopic (exact) mass is 230 g/mol. The lowest BCUT2D eigenvalue weighted by Gasteiger charge is -2.33. The molecule has 0 amide bonds. The number of nitrogens with zero attached hydrogens (tertiary/aromatic N) is 1. The third-order valence-electron chi connectivity index (χ3n) is 3.07. The van der Waals surface area contributed by atoms with Crippen molar-refractivity contribution < 1.29 is 9.84 Å². The van der Waals surface area contributed by atoms with Crippen LogP contribution in [0.15, 0.2) is 0 Å². The van der Waals surface area contributed by atoms with Gasteiger partial charge < -0.3 is 15.2 Å². The first-order valence-corrected chi connectivity index (χ1v) is 6.23. The third kappa shape index (κ3) is 4.78. The van der Waals surface area contributed by atoms with Gasteiger partial charge in [0, 0.05) is 38.2 Å². The van der Waals surface area contributed by atoms with Gasteiger partial charge in [0.05, 0.1) is 12.7 Å². The van der Waals surface area contributed by atoms with Crippen LogP contribution in [0.3, 0.4) is 0 Å². The van der Waals surface area contributed by atoms with Crippen LogP contribution in [0.5, 0.6) is 0 Å². The molecule has 4 nitrogen and oxygen atoms in total. The van der Waals surface area contributed by atoms with Crippen LogP contribution in [0, 0.1) is 5.41 Å². The molecule has 0 aromatic carbocycles. The van der Waals surface area contributed by atoms with E-state index in [4.69, 9.17) is 9.84 Å². The Morgan fingerprint density at radius 1 is 1.50 bits per heavy atom. The number of likely N-dealkylation sites (N-methyl/N-ethyl adjacent to an activating group) is 1. The topological polar surface area (TPSA) is 44.7 Å². The van der Waals surface area contributed by atoms with Gasteiger partial charge in [-0.2, -0.15) is 0 Å². The molecule has 1 aliphatic rings. The van der Waals surface area contributed by atoms with Crippen molar-refractivity contribution in [3.05, 3.63) is 0 Å². The molecule has 1 saturated heterocycles. The average molecular weight is 230 g/mol. The molecule has 1 heterocycles. The van der Waals surface area contributed by atoms with E-state index in [2.05, 4.69) is 31.0 Å². The molecule has 0 saturated carbocycles. The second-order valence-electron chi connectivity index (χ2n) is 5.34. The molecule has 1 aliphatic heterocycles. The van der Waals surface area contributed by atoms with Crippen LogP contribution in [0.1, 0.15) is 20.8 Å². The fraction of sp³-hybridized carbons (Fsp3) is 1.00. The van der Waals surface area contributed by atoms with Gasteiger partial charge in [0.25, 0.3) is 0 Å². The van der Waals surface area contributed by atoms with Gasteiger partial charge in [-0.1, -0.05) is 20.8 Å². The number of ether oxygens (including phenoxy) is 1. The molecule has 0 aromatic rings. The molecule has 0 bridgehead atoms. The Morgan fingerprint density at radius 2 is 2.25 bits per heavy atom. The Balaban J connectivity index is 2.17. The van der Waals surface area contributed by atoms with E-state index in [0.29, 0.717) is 6.10 Å². The zero-order valence-corrected chi connectivity index (χ0v) is 10.8. The van der Waals surface area contributed by atoms with E-state index < -0.39 is 0 Å². The van der Waals surface area contributed by atoms with Gasteiger partial charge in [0.15, 0.2) is 0 Å². The Kier molecular flexibility index (Phi) is 5.69. The van der Waals surface area contributed by atoms with E-state index >= 15 is 0 Å². The molecule has 0 aromatic heterocycles. The minimum absolute atomic E-state index is 0.0425. The predicted molar refractivity (Wildman–Crippen MR) is 65.6 cm³/mol. The van der Waals surface area contributed by atoms with Gasteiger partial charge in [0.2, 0.25) is 0 Å². The highest BCUT2D eigenvalue weighted by Crippen LogP contribution is 2.11. The number of rotatable bonds is 6. The van der Waals surface area contributed by atoms with Crippen LogP contribution in [-0.2, 0) is 4.74 Å². The maximum atomic E-state index is 9.13. The first kappa shape index (κ1) is 13.9. The second-order valence-corrected chi connectivity index (χ2v) is 5.34. The summed E-state index contributed by atoms with van der Waals surface area (Å²) < 4.78 is 5.69. The lowest BCUT2D eigenvalue weighted by atomic mass is 9.95. The van der Waals surface area contributed by atoms with Crippen LogP contribution < -0.4 is 5.32 Å². The molecular formula is C12H26N2O2. The molecule has 0 aliphatic carbocycles. The van der Waals surface area contributed by atoms with Gasteiger partial charge >= 0.3 is 0 Å². The smallest absolute Gasteiger partial charge is 0.0826 e. The minimum Gasteiger partial charge on any atom is -0.396 e. The lowest BCUT2D eigenvalue weighted by molar-refractivity contribution is -0.0264. The van der Waals surface area contributed by atoms with Gasteiger partial charge in [0.1, 0.15) is 0 Å². The first-order valence-electron chi connectivity index (χ1n) is 6.23. The van der Waals surface area contributed by atoms with Crippen molar-refractivity contribution in [3.63, 3.8) is 0 Å². The second kappa shape index (κ2) is 6.55. The molecule has 1 atom stereocenters. The van der Waals surface area contributed by atoms with Crippen molar-refractivity contribution in [2.75, 3.05) is 45.9 Å². The van der Waals surface area contributed by atoms with E-state index in [1.165, 1.54) is 0 Å². The van der Waals surface area contributed by atoms with Gasteiger partial charge in [-0.15, -0.1) is 0 Å². The molecule has 0 spiro atoms. The molecule has 0 radical (unpaired) electrons. The maximum Gasteiger partial charge on any atom is 0.0826 e. The Morgan fingerprint density at radius 3 is 2.88 bits per heavy atom. The maximum absolute atomic E-state index is 9.13. The summed E-state index contributed by atoms with van der Waals surface area (Å²) in [6, 6.07) is 0. The normalized spacial score (nSPS) is 23.6. The van der Waals surface area contributed by atoms with Gasteiger partial charge in [-0.3, -0.25) is 4.90 Å². The standard InChI is InChI=1S/C12H26N2O2/c1-4-14-5-6-16-11(8-14)7-13-9-12(2,3)10-15/h11,13,15H,4-10H2,1-3H3.